The first-order valence-corrected chi connectivity index (χ1v) is 14.9. The summed E-state index contributed by atoms with van der Waals surface area (Å²) in [5.41, 5.74) is 7.61. The van der Waals surface area contributed by atoms with Crippen LogP contribution in [-0.2, 0) is 21.4 Å². The number of hydrogen-bond donors (Lipinski definition) is 2. The van der Waals surface area contributed by atoms with Crippen molar-refractivity contribution < 1.29 is 36.2 Å². The number of aliphatic carboxylic acids is 1. The van der Waals surface area contributed by atoms with E-state index in [-0.39, 0.29) is 42.4 Å². The molecule has 1 atom stereocenters. The number of nitrogens with zero attached hydrogens (tertiary/aromatic N) is 4. The predicted molar refractivity (Wildman–Crippen MR) is 151 cm³/mol. The highest BCUT2D eigenvalue weighted by atomic mass is 79.9. The number of halogens is 4. The lowest BCUT2D eigenvalue weighted by Crippen LogP contribution is -2.58. The average molecular weight is 691 g/mol. The summed E-state index contributed by atoms with van der Waals surface area (Å²) in [5, 5.41) is 16.2. The molecule has 0 radical (unpaired) electrons. The third kappa shape index (κ3) is 7.43. The Hall–Kier alpha value is -3.58. The molecule has 1 aliphatic rings. The summed E-state index contributed by atoms with van der Waals surface area (Å²) in [7, 11) is -3.99. The number of thiazole rings is 1. The second-order valence-electron chi connectivity index (χ2n) is 8.65. The molecule has 0 aliphatic carbocycles. The first-order chi connectivity index (χ1) is 19.8. The largest absolute Gasteiger partial charge is 0.674 e. The maximum Gasteiger partial charge on any atom is 0.573 e. The van der Waals surface area contributed by atoms with Crippen LogP contribution in [0.2, 0.25) is 0 Å². The molecule has 12 nitrogen and oxygen atoms in total. The van der Waals surface area contributed by atoms with Gasteiger partial charge in [0.2, 0.25) is 10.0 Å². The maximum atomic E-state index is 13.0. The second kappa shape index (κ2) is 12.7. The molecule has 224 valence electrons. The minimum atomic E-state index is -4.65. The van der Waals surface area contributed by atoms with E-state index >= 15 is 0 Å². The van der Waals surface area contributed by atoms with Gasteiger partial charge in [-0.3, -0.25) is 9.59 Å². The van der Waals surface area contributed by atoms with Gasteiger partial charge in [-0.05, 0) is 36.4 Å². The molecule has 2 aromatic heterocycles. The van der Waals surface area contributed by atoms with Crippen LogP contribution in [0.1, 0.15) is 5.56 Å². The molecule has 1 aliphatic heterocycles. The number of nitrogens with one attached hydrogen (secondary N) is 2. The summed E-state index contributed by atoms with van der Waals surface area (Å²) in [6, 6.07) is 9.98. The number of ether oxygens (including phenoxy) is 1. The summed E-state index contributed by atoms with van der Waals surface area (Å²) >= 11 is 4.37. The highest BCUT2D eigenvalue weighted by Crippen LogP contribution is 2.30. The van der Waals surface area contributed by atoms with E-state index in [1.165, 1.54) is 42.6 Å². The summed E-state index contributed by atoms with van der Waals surface area (Å²) in [6.07, 6.45) is -3.23. The molecule has 5 rings (SSSR count). The van der Waals surface area contributed by atoms with Crippen LogP contribution in [0, 0.1) is 0 Å². The monoisotopic (exact) mass is 689 g/mol. The number of alkyl halides is 3. The molecular weight excluding hydrogens is 669 g/mol. The van der Waals surface area contributed by atoms with E-state index in [0.29, 0.717) is 20.9 Å². The number of aromatic nitrogens is 3. The van der Waals surface area contributed by atoms with E-state index in [1.807, 2.05) is 0 Å². The van der Waals surface area contributed by atoms with Crippen molar-refractivity contribution in [2.45, 2.75) is 23.8 Å². The number of carboxylic acids is 1. The molecule has 18 heteroatoms. The Morgan fingerprint density at radius 2 is 1.83 bits per heavy atom. The molecule has 0 amide bonds. The van der Waals surface area contributed by atoms with Gasteiger partial charge < -0.3 is 20.5 Å². The molecule has 0 saturated carbocycles. The lowest BCUT2D eigenvalue weighted by atomic mass is 10.2. The summed E-state index contributed by atoms with van der Waals surface area (Å²) in [5.74, 6) is -1.51. The van der Waals surface area contributed by atoms with Crippen LogP contribution in [-0.4, -0.2) is 71.0 Å². The number of rotatable bonds is 6. The zero-order chi connectivity index (χ0) is 30.7. The van der Waals surface area contributed by atoms with E-state index in [4.69, 9.17) is 5.73 Å². The molecule has 0 unspecified atom stereocenters. The van der Waals surface area contributed by atoms with Gasteiger partial charge in [0.15, 0.2) is 5.13 Å². The van der Waals surface area contributed by atoms with Crippen molar-refractivity contribution in [1.29, 1.82) is 0 Å². The molecule has 1 saturated heterocycles. The van der Waals surface area contributed by atoms with Crippen molar-refractivity contribution >= 4 is 58.6 Å². The van der Waals surface area contributed by atoms with Gasteiger partial charge in [0.05, 0.1) is 11.1 Å². The summed E-state index contributed by atoms with van der Waals surface area (Å²) < 4.78 is 66.7. The van der Waals surface area contributed by atoms with E-state index in [9.17, 15) is 36.3 Å². The second-order valence-corrected chi connectivity index (χ2v) is 12.4. The fourth-order valence-electron chi connectivity index (χ4n) is 3.89. The Morgan fingerprint density at radius 1 is 1.17 bits per heavy atom. The molecule has 42 heavy (non-hydrogen) atoms. The third-order valence-electron chi connectivity index (χ3n) is 5.87. The minimum absolute atomic E-state index is 0.0259. The van der Waals surface area contributed by atoms with Crippen LogP contribution in [0.4, 0.5) is 18.3 Å². The van der Waals surface area contributed by atoms with Crippen LogP contribution in [0.3, 0.4) is 0 Å². The average Bonchev–Trinajstić information content (AvgIpc) is 3.39. The Kier molecular flexibility index (Phi) is 9.51. The number of H-pyrrole nitrogens is 1. The van der Waals surface area contributed by atoms with Gasteiger partial charge in [0.1, 0.15) is 22.0 Å². The van der Waals surface area contributed by atoms with Crippen molar-refractivity contribution in [3.05, 3.63) is 80.9 Å². The van der Waals surface area contributed by atoms with Gasteiger partial charge in [-0.1, -0.05) is 45.0 Å². The predicted octanol–water partition coefficient (Wildman–Crippen LogP) is 4.24. The lowest BCUT2D eigenvalue weighted by Gasteiger charge is -2.38. The number of sulfonamides is 1. The van der Waals surface area contributed by atoms with Crippen LogP contribution < -0.4 is 15.2 Å². The Morgan fingerprint density at radius 3 is 2.40 bits per heavy atom. The quantitative estimate of drug-likeness (QED) is 0.301. The zero-order valence-corrected chi connectivity index (χ0v) is 24.4. The molecule has 3 N–H and O–H groups in total. The standard InChI is InChI=1S/C16H14BrN5O5S2.C8H7F3NO/c17-9-1-3-10(4-2-9)29(26,27)22-6-5-21(8-12(22)15(24)25)16-19-11-7-18-20-14(23)13(11)28-16;9-8(10,11)13-7-3-1-6(5-12)2-4-7/h1-4,7,12H,5-6,8H2,(H,20,23)(H,24,25);1-4,12H,5H2/q;-1/t12-;/m1./s1. The van der Waals surface area contributed by atoms with Crippen molar-refractivity contribution in [3.63, 3.8) is 0 Å². The fraction of sp³-hybridized carbons (Fsp3) is 0.250. The minimum Gasteiger partial charge on any atom is -0.674 e. The highest BCUT2D eigenvalue weighted by Gasteiger charge is 2.41. The van der Waals surface area contributed by atoms with E-state index in [0.717, 1.165) is 20.1 Å². The molecule has 3 heterocycles. The molecular formula is C24H21BrF3N6O6S2-. The number of benzene rings is 2. The van der Waals surface area contributed by atoms with E-state index in [2.05, 4.69) is 35.8 Å². The highest BCUT2D eigenvalue weighted by molar-refractivity contribution is 9.10. The first-order valence-electron chi connectivity index (χ1n) is 11.9. The van der Waals surface area contributed by atoms with Crippen LogP contribution in [0.25, 0.3) is 16.0 Å². The van der Waals surface area contributed by atoms with Gasteiger partial charge in [0, 0.05) is 24.1 Å². The van der Waals surface area contributed by atoms with Gasteiger partial charge >= 0.3 is 12.3 Å². The number of piperazine rings is 1. The normalized spacial score (nSPS) is 16.1. The molecule has 1 fully saturated rings. The molecule has 0 bridgehead atoms. The van der Waals surface area contributed by atoms with Gasteiger partial charge in [-0.15, -0.1) is 19.7 Å². The van der Waals surface area contributed by atoms with Crippen LogP contribution in [0.15, 0.2) is 68.9 Å². The lowest BCUT2D eigenvalue weighted by molar-refractivity contribution is -0.274. The molecule has 0 spiro atoms. The topological polar surface area (TPSA) is 170 Å². The maximum absolute atomic E-state index is 13.0. The van der Waals surface area contributed by atoms with Crippen molar-refractivity contribution in [3.8, 4) is 5.75 Å². The van der Waals surface area contributed by atoms with Crippen molar-refractivity contribution in [2.24, 2.45) is 0 Å². The van der Waals surface area contributed by atoms with Gasteiger partial charge in [-0.2, -0.15) is 9.40 Å². The smallest absolute Gasteiger partial charge is 0.573 e. The fourth-order valence-corrected chi connectivity index (χ4v) is 6.68. The Balaban J connectivity index is 0.000000262. The zero-order valence-electron chi connectivity index (χ0n) is 21.2. The molecule has 2 aromatic carbocycles. The third-order valence-corrected chi connectivity index (χ3v) is 9.45. The number of anilines is 1. The first kappa shape index (κ1) is 31.4. The number of carbonyl (C=O) groups is 1. The summed E-state index contributed by atoms with van der Waals surface area (Å²) in [4.78, 5) is 29.8. The number of aromatic amines is 1. The van der Waals surface area contributed by atoms with Gasteiger partial charge in [0.25, 0.3) is 5.56 Å². The van der Waals surface area contributed by atoms with E-state index < -0.39 is 28.4 Å². The number of fused-ring (bicyclic) bond motifs is 1. The van der Waals surface area contributed by atoms with Crippen molar-refractivity contribution in [2.75, 3.05) is 24.5 Å². The van der Waals surface area contributed by atoms with Gasteiger partial charge in [-0.25, -0.2) is 18.5 Å². The Labute approximate surface area is 248 Å². The number of hydrogen-bond acceptors (Lipinski definition) is 9. The molecule has 4 aromatic rings. The number of carboxylic acid groups (broad SMARTS) is 1. The van der Waals surface area contributed by atoms with Crippen molar-refractivity contribution in [1.82, 2.24) is 19.5 Å². The van der Waals surface area contributed by atoms with Crippen LogP contribution in [0.5, 0.6) is 5.75 Å². The summed E-state index contributed by atoms with van der Waals surface area (Å²) in [6.45, 7) is 0.174. The van der Waals surface area contributed by atoms with Crippen LogP contribution >= 0.6 is 27.3 Å². The Bertz CT molecular complexity index is 1720. The SMILES string of the molecule is O=C(O)[C@H]1CN(c2nc3cn[nH]c(=O)c3s2)CCN1S(=O)(=O)c1ccc(Br)cc1.[NH-]Cc1ccc(OC(F)(F)F)cc1. The van der Waals surface area contributed by atoms with E-state index in [1.54, 1.807) is 17.0 Å².